The highest BCUT2D eigenvalue weighted by molar-refractivity contribution is 9.10. The molecule has 8 heteroatoms. The van der Waals surface area contributed by atoms with Crippen LogP contribution in [0.1, 0.15) is 89.5 Å². The molecule has 0 aliphatic carbocycles. The van der Waals surface area contributed by atoms with Gasteiger partial charge in [-0.3, -0.25) is 9.59 Å². The van der Waals surface area contributed by atoms with E-state index in [1.54, 1.807) is 10.9 Å². The van der Waals surface area contributed by atoms with Gasteiger partial charge in [-0.2, -0.15) is 10.2 Å². The van der Waals surface area contributed by atoms with Crippen molar-refractivity contribution in [3.63, 3.8) is 0 Å². The minimum atomic E-state index is -0.371. The minimum absolute atomic E-state index is 0.100. The van der Waals surface area contributed by atoms with E-state index in [0.717, 1.165) is 39.8 Å². The van der Waals surface area contributed by atoms with E-state index in [2.05, 4.69) is 38.7 Å². The van der Waals surface area contributed by atoms with Gasteiger partial charge < -0.3 is 5.32 Å². The molecule has 2 amide bonds. The lowest BCUT2D eigenvalue weighted by Gasteiger charge is -2.05. The normalized spacial score (nSPS) is 11.2. The summed E-state index contributed by atoms with van der Waals surface area (Å²) in [7, 11) is 0. The molecule has 2 aromatic carbocycles. The Hall–Kier alpha value is -3.26. The van der Waals surface area contributed by atoms with Crippen LogP contribution < -0.4 is 10.7 Å². The molecule has 214 valence electrons. The Balaban J connectivity index is 1.38. The van der Waals surface area contributed by atoms with E-state index in [9.17, 15) is 9.59 Å². The number of unbranched alkanes of at least 4 members (excludes halogenated alkanes) is 10. The fourth-order valence-corrected chi connectivity index (χ4v) is 4.72. The van der Waals surface area contributed by atoms with Crippen molar-refractivity contribution in [3.05, 3.63) is 70.8 Å². The van der Waals surface area contributed by atoms with E-state index in [-0.39, 0.29) is 18.4 Å². The van der Waals surface area contributed by atoms with Crippen molar-refractivity contribution in [3.8, 4) is 16.9 Å². The molecule has 40 heavy (non-hydrogen) atoms. The quantitative estimate of drug-likeness (QED) is 0.0887. The van der Waals surface area contributed by atoms with E-state index in [1.807, 2.05) is 60.8 Å². The number of rotatable bonds is 18. The number of para-hydroxylation sites is 1. The molecule has 0 atom stereocenters. The first-order chi connectivity index (χ1) is 19.6. The topological polar surface area (TPSA) is 88.4 Å². The molecule has 0 saturated carbocycles. The molecule has 3 aromatic rings. The Morgan fingerprint density at radius 2 is 1.48 bits per heavy atom. The molecule has 0 aliphatic heterocycles. The van der Waals surface area contributed by atoms with Crippen molar-refractivity contribution in [2.45, 2.75) is 84.0 Å². The number of amides is 2. The molecule has 7 nitrogen and oxygen atoms in total. The molecule has 3 rings (SSSR count). The van der Waals surface area contributed by atoms with Crippen LogP contribution >= 0.6 is 15.9 Å². The van der Waals surface area contributed by atoms with Crippen LogP contribution in [0.5, 0.6) is 0 Å². The third kappa shape index (κ3) is 11.5. The summed E-state index contributed by atoms with van der Waals surface area (Å²) in [6.45, 7) is 2.15. The summed E-state index contributed by atoms with van der Waals surface area (Å²) in [6.07, 6.45) is 17.5. The summed E-state index contributed by atoms with van der Waals surface area (Å²) < 4.78 is 2.77. The average Bonchev–Trinajstić information content (AvgIpc) is 3.40. The van der Waals surface area contributed by atoms with Crippen LogP contribution in [-0.2, 0) is 9.59 Å². The third-order valence-corrected chi connectivity index (χ3v) is 7.26. The first-order valence-electron chi connectivity index (χ1n) is 14.6. The zero-order valence-electron chi connectivity index (χ0n) is 23.6. The molecular weight excluding hydrogens is 566 g/mol. The van der Waals surface area contributed by atoms with Crippen molar-refractivity contribution in [2.75, 3.05) is 6.54 Å². The van der Waals surface area contributed by atoms with Crippen LogP contribution in [0.15, 0.2) is 70.4 Å². The predicted molar refractivity (Wildman–Crippen MR) is 167 cm³/mol. The molecule has 0 aliphatic rings. The highest BCUT2D eigenvalue weighted by Gasteiger charge is 2.12. The van der Waals surface area contributed by atoms with Crippen LogP contribution in [0.4, 0.5) is 0 Å². The molecule has 0 fully saturated rings. The van der Waals surface area contributed by atoms with Gasteiger partial charge in [-0.15, -0.1) is 0 Å². The molecule has 0 spiro atoms. The monoisotopic (exact) mass is 607 g/mol. The molecule has 1 heterocycles. The molecule has 1 aromatic heterocycles. The maximum absolute atomic E-state index is 12.3. The van der Waals surface area contributed by atoms with Crippen molar-refractivity contribution < 1.29 is 9.59 Å². The Kier molecular flexibility index (Phi) is 14.2. The number of nitrogens with one attached hydrogen (secondary N) is 2. The van der Waals surface area contributed by atoms with E-state index >= 15 is 0 Å². The first kappa shape index (κ1) is 31.3. The number of hydrogen-bond donors (Lipinski definition) is 2. The zero-order valence-corrected chi connectivity index (χ0v) is 25.2. The Bertz CT molecular complexity index is 1190. The van der Waals surface area contributed by atoms with Gasteiger partial charge in [0.15, 0.2) is 0 Å². The van der Waals surface area contributed by atoms with Gasteiger partial charge in [-0.05, 0) is 30.7 Å². The van der Waals surface area contributed by atoms with Gasteiger partial charge in [0, 0.05) is 28.2 Å². The van der Waals surface area contributed by atoms with Gasteiger partial charge in [-0.1, -0.05) is 117 Å². The Labute approximate surface area is 247 Å². The van der Waals surface area contributed by atoms with Gasteiger partial charge in [0.1, 0.15) is 5.69 Å². The number of benzene rings is 2. The number of nitrogens with zero attached hydrogens (tertiary/aromatic N) is 3. The first-order valence-corrected chi connectivity index (χ1v) is 15.4. The number of halogens is 1. The maximum atomic E-state index is 12.3. The number of carbonyl (C=O) groups is 2. The average molecular weight is 609 g/mol. The third-order valence-electron chi connectivity index (χ3n) is 6.73. The second-order valence-electron chi connectivity index (χ2n) is 10.1. The van der Waals surface area contributed by atoms with E-state index in [1.165, 1.54) is 57.8 Å². The van der Waals surface area contributed by atoms with E-state index in [0.29, 0.717) is 6.42 Å². The van der Waals surface area contributed by atoms with Gasteiger partial charge >= 0.3 is 0 Å². The lowest BCUT2D eigenvalue weighted by molar-refractivity contribution is -0.126. The number of carbonyl (C=O) groups excluding carboxylic acids is 2. The Morgan fingerprint density at radius 1 is 0.850 bits per heavy atom. The van der Waals surface area contributed by atoms with Crippen LogP contribution in [0, 0.1) is 0 Å². The van der Waals surface area contributed by atoms with Crippen LogP contribution in [0.3, 0.4) is 0 Å². The summed E-state index contributed by atoms with van der Waals surface area (Å²) in [4.78, 5) is 24.4. The lowest BCUT2D eigenvalue weighted by Crippen LogP contribution is -2.34. The molecule has 0 saturated heterocycles. The van der Waals surface area contributed by atoms with Crippen molar-refractivity contribution in [2.24, 2.45) is 5.10 Å². The van der Waals surface area contributed by atoms with E-state index < -0.39 is 0 Å². The number of aromatic nitrogens is 2. The summed E-state index contributed by atoms with van der Waals surface area (Å²) in [5, 5.41) is 11.6. The minimum Gasteiger partial charge on any atom is -0.347 e. The van der Waals surface area contributed by atoms with Crippen LogP contribution in [0.2, 0.25) is 0 Å². The fraction of sp³-hybridized carbons (Fsp3) is 0.438. The second-order valence-corrected chi connectivity index (χ2v) is 11.0. The molecule has 0 unspecified atom stereocenters. The predicted octanol–water partition coefficient (Wildman–Crippen LogP) is 7.57. The lowest BCUT2D eigenvalue weighted by atomic mass is 10.1. The second kappa shape index (κ2) is 18.2. The van der Waals surface area contributed by atoms with Gasteiger partial charge in [0.2, 0.25) is 5.91 Å². The van der Waals surface area contributed by atoms with Crippen molar-refractivity contribution >= 4 is 34.0 Å². The zero-order chi connectivity index (χ0) is 28.4. The van der Waals surface area contributed by atoms with Crippen LogP contribution in [-0.4, -0.2) is 34.4 Å². The summed E-state index contributed by atoms with van der Waals surface area (Å²) in [6, 6.07) is 17.7. The van der Waals surface area contributed by atoms with Gasteiger partial charge in [-0.25, -0.2) is 10.1 Å². The van der Waals surface area contributed by atoms with E-state index in [4.69, 9.17) is 5.10 Å². The summed E-state index contributed by atoms with van der Waals surface area (Å²) >= 11 is 3.47. The Morgan fingerprint density at radius 3 is 2.12 bits per heavy atom. The molecule has 0 bridgehead atoms. The summed E-state index contributed by atoms with van der Waals surface area (Å²) in [5.74, 6) is -0.471. The fourth-order valence-electron chi connectivity index (χ4n) is 4.46. The maximum Gasteiger partial charge on any atom is 0.259 e. The highest BCUT2D eigenvalue weighted by atomic mass is 79.9. The summed E-state index contributed by atoms with van der Waals surface area (Å²) in [5.41, 5.74) is 5.86. The number of hydrogen-bond acceptors (Lipinski definition) is 4. The standard InChI is InChI=1S/C32H42BrN5O2/c1-2-3-4-5-6-7-8-9-10-11-15-18-30(39)34-24-31(40)36-35-23-27-25-38(29-16-13-12-14-17-29)37-32(27)26-19-21-28(33)22-20-26/h12-14,16-17,19-23,25H,2-11,15,18,24H2,1H3,(H,34,39)(H,36,40)/b35-23+. The van der Waals surface area contributed by atoms with Gasteiger partial charge in [0.05, 0.1) is 18.4 Å². The van der Waals surface area contributed by atoms with Crippen LogP contribution in [0.25, 0.3) is 16.9 Å². The SMILES string of the molecule is CCCCCCCCCCCCCC(=O)NCC(=O)N/N=C/c1cn(-c2ccccc2)nc1-c1ccc(Br)cc1. The van der Waals surface area contributed by atoms with Crippen molar-refractivity contribution in [1.29, 1.82) is 0 Å². The molecule has 0 radical (unpaired) electrons. The molecule has 2 N–H and O–H groups in total. The van der Waals surface area contributed by atoms with Crippen molar-refractivity contribution in [1.82, 2.24) is 20.5 Å². The largest absolute Gasteiger partial charge is 0.347 e. The number of hydrazone groups is 1. The smallest absolute Gasteiger partial charge is 0.259 e. The van der Waals surface area contributed by atoms with Gasteiger partial charge in [0.25, 0.3) is 5.91 Å². The molecular formula is C32H42BrN5O2. The highest BCUT2D eigenvalue weighted by Crippen LogP contribution is 2.24.